The van der Waals surface area contributed by atoms with Gasteiger partial charge in [0.2, 0.25) is 6.04 Å². The second-order valence-corrected chi connectivity index (χ2v) is 12.3. The number of aryl methyl sites for hydroxylation is 3. The number of ether oxygens (including phenoxy) is 1. The smallest absolute Gasteiger partial charge is 0.280 e. The fourth-order valence-electron chi connectivity index (χ4n) is 4.48. The molecule has 0 aromatic heterocycles. The first-order valence-corrected chi connectivity index (χ1v) is 15.6. The van der Waals surface area contributed by atoms with Crippen molar-refractivity contribution >= 4 is 86.8 Å². The van der Waals surface area contributed by atoms with Crippen LogP contribution in [-0.2, 0) is 9.59 Å². The van der Waals surface area contributed by atoms with Crippen LogP contribution in [-0.4, -0.2) is 29.8 Å². The normalized spacial score (nSPS) is 16.2. The van der Waals surface area contributed by atoms with Gasteiger partial charge in [-0.05, 0) is 99.0 Å². The lowest BCUT2D eigenvalue weighted by molar-refractivity contribution is -0.122. The topological polar surface area (TPSA) is 108 Å². The van der Waals surface area contributed by atoms with Gasteiger partial charge in [-0.1, -0.05) is 64.6 Å². The summed E-state index contributed by atoms with van der Waals surface area (Å²) in [5.41, 5.74) is 7.47. The second kappa shape index (κ2) is 14.1. The Bertz CT molecular complexity index is 1870. The molecule has 236 valence electrons. The predicted molar refractivity (Wildman–Crippen MR) is 185 cm³/mol. The lowest BCUT2D eigenvalue weighted by Crippen LogP contribution is -2.36. The number of carbonyl (C=O) groups is 2. The van der Waals surface area contributed by atoms with Crippen molar-refractivity contribution in [3.63, 3.8) is 0 Å². The zero-order valence-electron chi connectivity index (χ0n) is 25.1. The van der Waals surface area contributed by atoms with Crippen molar-refractivity contribution in [1.29, 1.82) is 0 Å². The van der Waals surface area contributed by atoms with Crippen LogP contribution in [0.1, 0.15) is 23.6 Å². The number of nitrogens with zero attached hydrogens (tertiary/aromatic N) is 4. The molecule has 1 heterocycles. The van der Waals surface area contributed by atoms with Crippen LogP contribution < -0.4 is 20.5 Å². The summed E-state index contributed by atoms with van der Waals surface area (Å²) in [7, 11) is 0. The van der Waals surface area contributed by atoms with Crippen molar-refractivity contribution in [3.05, 3.63) is 110 Å². The third kappa shape index (κ3) is 7.62. The van der Waals surface area contributed by atoms with E-state index in [4.69, 9.17) is 51.1 Å². The molecule has 0 bridgehead atoms. The van der Waals surface area contributed by atoms with Gasteiger partial charge < -0.3 is 10.1 Å². The van der Waals surface area contributed by atoms with Crippen LogP contribution in [0, 0.1) is 20.8 Å². The number of benzene rings is 4. The number of anilines is 2. The van der Waals surface area contributed by atoms with Crippen LogP contribution in [0.25, 0.3) is 0 Å². The number of aliphatic imine (C=N–C) groups is 1. The van der Waals surface area contributed by atoms with Gasteiger partial charge in [-0.3, -0.25) is 15.0 Å². The van der Waals surface area contributed by atoms with Crippen LogP contribution in [0.5, 0.6) is 5.75 Å². The Hall–Kier alpha value is -4.15. The first-order chi connectivity index (χ1) is 21.9. The van der Waals surface area contributed by atoms with Crippen molar-refractivity contribution in [2.24, 2.45) is 15.2 Å². The van der Waals surface area contributed by atoms with Gasteiger partial charge in [0.25, 0.3) is 11.8 Å². The summed E-state index contributed by atoms with van der Waals surface area (Å²) in [5, 5.41) is 13.5. The highest BCUT2D eigenvalue weighted by Crippen LogP contribution is 2.38. The minimum atomic E-state index is -1.21. The van der Waals surface area contributed by atoms with Gasteiger partial charge in [-0.25, -0.2) is 10.0 Å². The predicted octanol–water partition coefficient (Wildman–Crippen LogP) is 9.37. The monoisotopic (exact) mass is 696 g/mol. The summed E-state index contributed by atoms with van der Waals surface area (Å²) in [6.45, 7) is 7.53. The van der Waals surface area contributed by atoms with Crippen LogP contribution in [0.3, 0.4) is 0 Å². The van der Waals surface area contributed by atoms with Crippen molar-refractivity contribution in [3.8, 4) is 5.75 Å². The Kier molecular flexibility index (Phi) is 10.2. The quantitative estimate of drug-likeness (QED) is 0.179. The third-order valence-corrected chi connectivity index (χ3v) is 8.16. The fourth-order valence-corrected chi connectivity index (χ4v) is 5.63. The second-order valence-electron chi connectivity index (χ2n) is 10.6. The van der Waals surface area contributed by atoms with Crippen LogP contribution in [0.4, 0.5) is 22.7 Å². The highest BCUT2D eigenvalue weighted by atomic mass is 35.5. The highest BCUT2D eigenvalue weighted by Gasteiger charge is 2.41. The molecule has 1 aliphatic rings. The Balaban J connectivity index is 1.46. The number of hydrogen-bond donors (Lipinski definition) is 2. The molecule has 0 radical (unpaired) electrons. The number of halogens is 4. The number of hydrazine groups is 1. The largest absolute Gasteiger partial charge is 0.481 e. The summed E-state index contributed by atoms with van der Waals surface area (Å²) >= 11 is 25.5. The number of carbonyl (C=O) groups excluding carboxylic acids is 2. The average Bonchev–Trinajstić information content (AvgIpc) is 3.28. The van der Waals surface area contributed by atoms with Crippen molar-refractivity contribution in [2.45, 2.75) is 39.8 Å². The Morgan fingerprint density at radius 2 is 1.65 bits per heavy atom. The number of rotatable bonds is 8. The molecule has 4 aromatic rings. The van der Waals surface area contributed by atoms with E-state index in [2.05, 4.69) is 26.0 Å². The van der Waals surface area contributed by atoms with E-state index in [1.807, 2.05) is 51.1 Å². The summed E-state index contributed by atoms with van der Waals surface area (Å²) < 4.78 is 5.80. The van der Waals surface area contributed by atoms with E-state index >= 15 is 0 Å². The molecule has 2 unspecified atom stereocenters. The number of azo groups is 1. The molecular formula is C33H28Cl4N6O3. The number of nitrogens with one attached hydrogen (secondary N) is 2. The molecule has 9 nitrogen and oxygen atoms in total. The summed E-state index contributed by atoms with van der Waals surface area (Å²) in [5.74, 6) is -0.245. The van der Waals surface area contributed by atoms with Crippen molar-refractivity contribution < 1.29 is 14.3 Å². The van der Waals surface area contributed by atoms with E-state index in [9.17, 15) is 9.59 Å². The minimum absolute atomic E-state index is 0.0983. The maximum absolute atomic E-state index is 13.8. The van der Waals surface area contributed by atoms with Gasteiger partial charge in [-0.15, -0.1) is 0 Å². The molecule has 2 N–H and O–H groups in total. The minimum Gasteiger partial charge on any atom is -0.481 e. The number of amidine groups is 1. The molecule has 2 amide bonds. The van der Waals surface area contributed by atoms with Gasteiger partial charge in [-0.2, -0.15) is 10.2 Å². The third-order valence-electron chi connectivity index (χ3n) is 7.05. The standard InChI is InChI=1S/C33H28Cl4N6O3/c1-17-6-5-7-24(12-17)46-20(4)32(44)38-22-10-11-25(35)28(16-22)39-31-29(41-40-23-9-8-18(2)19(3)13-23)33(45)43(42-31)30-26(36)14-21(34)15-27(30)37/h5-16,20,29H,1-4H3,(H,38,44)(H,39,42). The van der Waals surface area contributed by atoms with Crippen LogP contribution in [0.15, 0.2) is 88.0 Å². The van der Waals surface area contributed by atoms with Gasteiger partial charge >= 0.3 is 0 Å². The molecule has 1 aliphatic heterocycles. The molecular weight excluding hydrogens is 670 g/mol. The molecule has 0 spiro atoms. The van der Waals surface area contributed by atoms with Crippen LogP contribution in [0.2, 0.25) is 20.1 Å². The van der Waals surface area contributed by atoms with E-state index in [1.54, 1.807) is 37.3 Å². The van der Waals surface area contributed by atoms with Crippen molar-refractivity contribution in [2.75, 3.05) is 10.3 Å². The Labute approximate surface area is 286 Å². The van der Waals surface area contributed by atoms with Gasteiger partial charge in [0, 0.05) is 10.7 Å². The summed E-state index contributed by atoms with van der Waals surface area (Å²) in [6.07, 6.45) is -0.793. The van der Waals surface area contributed by atoms with E-state index in [0.717, 1.165) is 21.7 Å². The molecule has 0 saturated carbocycles. The first kappa shape index (κ1) is 33.2. The molecule has 13 heteroatoms. The molecule has 2 atom stereocenters. The van der Waals surface area contributed by atoms with Gasteiger partial charge in [0.15, 0.2) is 11.9 Å². The Morgan fingerprint density at radius 1 is 0.913 bits per heavy atom. The van der Waals surface area contributed by atoms with Crippen molar-refractivity contribution in [1.82, 2.24) is 5.43 Å². The maximum atomic E-state index is 13.8. The molecule has 5 rings (SSSR count). The van der Waals surface area contributed by atoms with Crippen LogP contribution >= 0.6 is 46.4 Å². The van der Waals surface area contributed by atoms with E-state index in [-0.39, 0.29) is 38.2 Å². The molecule has 46 heavy (non-hydrogen) atoms. The average molecular weight is 698 g/mol. The van der Waals surface area contributed by atoms with Gasteiger partial charge in [0.05, 0.1) is 26.4 Å². The lowest BCUT2D eigenvalue weighted by Gasteiger charge is -2.19. The number of hydrogen-bond acceptors (Lipinski definition) is 6. The zero-order valence-corrected chi connectivity index (χ0v) is 28.1. The first-order valence-electron chi connectivity index (χ1n) is 14.0. The summed E-state index contributed by atoms with van der Waals surface area (Å²) in [4.78, 5) is 31.4. The molecule has 1 saturated heterocycles. The lowest BCUT2D eigenvalue weighted by atomic mass is 10.1. The number of amides is 2. The fraction of sp³-hybridized carbons (Fsp3) is 0.182. The molecule has 1 fully saturated rings. The van der Waals surface area contributed by atoms with Gasteiger partial charge in [0.1, 0.15) is 11.4 Å². The Morgan fingerprint density at radius 3 is 2.35 bits per heavy atom. The molecule has 4 aromatic carbocycles. The SMILES string of the molecule is Cc1cccc(OC(C)C(=O)Nc2ccc(Cl)c(N=C3NN(c4c(Cl)cc(Cl)cc4Cl)C(=O)C3N=Nc3ccc(C)c(C)c3)c2)c1. The summed E-state index contributed by atoms with van der Waals surface area (Å²) in [6, 6.07) is 19.5. The highest BCUT2D eigenvalue weighted by molar-refractivity contribution is 6.43. The zero-order chi connectivity index (χ0) is 33.1. The maximum Gasteiger partial charge on any atom is 0.280 e. The van der Waals surface area contributed by atoms with E-state index in [1.165, 1.54) is 12.1 Å². The molecule has 0 aliphatic carbocycles. The van der Waals surface area contributed by atoms with E-state index < -0.39 is 18.1 Å². The van der Waals surface area contributed by atoms with E-state index in [0.29, 0.717) is 22.1 Å².